The molecule has 0 unspecified atom stereocenters. The molecule has 0 aliphatic heterocycles. The standard InChI is InChI=1S/C54H34S2.C42H26S2/c1-3-7-35(8-4-1)37-11-15-39(16-12-37)41-19-23-43(24-20-41)45-27-29-47-49-33-54-50(34-53(49)55-51(47)31-45)48-30-28-46(32-52(48)56-54)44-25-21-42(22-26-44)40-17-13-38(14-18-40)36-9-5-2-6-10-36;1-3-7-27(8-4-1)29-11-15-31(16-12-29)33-19-21-35-37-25-42-38(26-41(37)43-39(35)23-33)36-22-20-34(24-40(36)44-42)32-17-13-30(14-18-32)28-9-5-2-6-10-28/h1-34H;1-26H. The van der Waals surface area contributed by atoms with Crippen LogP contribution >= 0.6 is 45.3 Å². The van der Waals surface area contributed by atoms with Gasteiger partial charge in [0, 0.05) is 80.7 Å². The van der Waals surface area contributed by atoms with Gasteiger partial charge in [-0.25, -0.2) is 0 Å². The summed E-state index contributed by atoms with van der Waals surface area (Å²) in [5.74, 6) is 0. The van der Waals surface area contributed by atoms with E-state index in [9.17, 15) is 0 Å². The van der Waals surface area contributed by atoms with Gasteiger partial charge in [-0.05, 0) is 160 Å². The van der Waals surface area contributed by atoms with Crippen LogP contribution in [-0.2, 0) is 0 Å². The summed E-state index contributed by atoms with van der Waals surface area (Å²) >= 11 is 7.60. The number of benzene rings is 16. The summed E-state index contributed by atoms with van der Waals surface area (Å²) in [5.41, 5.74) is 24.9. The summed E-state index contributed by atoms with van der Waals surface area (Å²) in [7, 11) is 0. The van der Waals surface area contributed by atoms with E-state index < -0.39 is 0 Å². The summed E-state index contributed by atoms with van der Waals surface area (Å²) in [4.78, 5) is 0. The Balaban J connectivity index is 0.000000143. The predicted octanol–water partition coefficient (Wildman–Crippen LogP) is 29.5. The van der Waals surface area contributed by atoms with Crippen molar-refractivity contribution in [3.63, 3.8) is 0 Å². The lowest BCUT2D eigenvalue weighted by Crippen LogP contribution is -1.82. The lowest BCUT2D eigenvalue weighted by atomic mass is 9.97. The van der Waals surface area contributed by atoms with Crippen molar-refractivity contribution in [3.8, 4) is 111 Å². The second-order valence-corrected chi connectivity index (χ2v) is 30.2. The smallest absolute Gasteiger partial charge is 0.0362 e. The highest BCUT2D eigenvalue weighted by atomic mass is 32.1. The van der Waals surface area contributed by atoms with Gasteiger partial charge in [0.05, 0.1) is 0 Å². The van der Waals surface area contributed by atoms with Crippen LogP contribution < -0.4 is 0 Å². The van der Waals surface area contributed by atoms with Crippen LogP contribution in [0.2, 0.25) is 0 Å². The molecule has 20 aromatic rings. The monoisotopic (exact) mass is 1340 g/mol. The minimum Gasteiger partial charge on any atom is -0.135 e. The van der Waals surface area contributed by atoms with Gasteiger partial charge >= 0.3 is 0 Å². The highest BCUT2D eigenvalue weighted by molar-refractivity contribution is 7.28. The predicted molar refractivity (Wildman–Crippen MR) is 439 cm³/mol. The van der Waals surface area contributed by atoms with Crippen LogP contribution in [0.5, 0.6) is 0 Å². The van der Waals surface area contributed by atoms with Crippen molar-refractivity contribution >= 4 is 126 Å². The highest BCUT2D eigenvalue weighted by Gasteiger charge is 2.17. The van der Waals surface area contributed by atoms with Gasteiger partial charge in [-0.2, -0.15) is 0 Å². The molecule has 20 rings (SSSR count). The van der Waals surface area contributed by atoms with Crippen LogP contribution in [0.25, 0.3) is 192 Å². The normalized spacial score (nSPS) is 11.6. The molecule has 4 aromatic heterocycles. The first kappa shape index (κ1) is 59.6. The average Bonchev–Trinajstić information content (AvgIpc) is 1.59. The summed E-state index contributed by atoms with van der Waals surface area (Å²) in [6, 6.07) is 133. The van der Waals surface area contributed by atoms with E-state index in [2.05, 4.69) is 364 Å². The molecule has 16 aromatic carbocycles. The van der Waals surface area contributed by atoms with Crippen molar-refractivity contribution in [1.29, 1.82) is 0 Å². The van der Waals surface area contributed by atoms with Gasteiger partial charge in [-0.15, -0.1) is 45.3 Å². The molecule has 4 heteroatoms. The minimum absolute atomic E-state index is 1.23. The molecule has 0 atom stereocenters. The third-order valence-corrected chi connectivity index (χ3v) is 24.3. The zero-order chi connectivity index (χ0) is 66.0. The number of thiophene rings is 4. The van der Waals surface area contributed by atoms with E-state index in [0.29, 0.717) is 0 Å². The van der Waals surface area contributed by atoms with Crippen molar-refractivity contribution < 1.29 is 0 Å². The minimum atomic E-state index is 1.23. The second kappa shape index (κ2) is 25.4. The molecule has 468 valence electrons. The van der Waals surface area contributed by atoms with Crippen LogP contribution in [0.3, 0.4) is 0 Å². The van der Waals surface area contributed by atoms with Crippen molar-refractivity contribution in [2.45, 2.75) is 0 Å². The lowest BCUT2D eigenvalue weighted by Gasteiger charge is -2.07. The average molecular weight is 1340 g/mol. The fourth-order valence-electron chi connectivity index (χ4n) is 14.5. The molecule has 0 spiro atoms. The Morgan fingerprint density at radius 2 is 0.230 bits per heavy atom. The Morgan fingerprint density at radius 3 is 0.400 bits per heavy atom. The quantitative estimate of drug-likeness (QED) is 0.128. The van der Waals surface area contributed by atoms with E-state index in [0.717, 1.165) is 0 Å². The summed E-state index contributed by atoms with van der Waals surface area (Å²) in [6.07, 6.45) is 0. The first-order valence-corrected chi connectivity index (χ1v) is 37.2. The zero-order valence-electron chi connectivity index (χ0n) is 54.3. The third kappa shape index (κ3) is 11.3. The molecule has 100 heavy (non-hydrogen) atoms. The molecular formula is C96H60S4. The summed E-state index contributed by atoms with van der Waals surface area (Å²) < 4.78 is 10.7. The highest BCUT2D eigenvalue weighted by Crippen LogP contribution is 2.47. The molecule has 0 aliphatic carbocycles. The molecule has 0 bridgehead atoms. The van der Waals surface area contributed by atoms with Crippen molar-refractivity contribution in [1.82, 2.24) is 0 Å². The van der Waals surface area contributed by atoms with E-state index in [4.69, 9.17) is 0 Å². The molecule has 4 heterocycles. The van der Waals surface area contributed by atoms with Gasteiger partial charge in [0.1, 0.15) is 0 Å². The van der Waals surface area contributed by atoms with Gasteiger partial charge in [-0.1, -0.05) is 315 Å². The van der Waals surface area contributed by atoms with E-state index in [1.165, 1.54) is 192 Å². The molecule has 0 amide bonds. The molecule has 0 saturated heterocycles. The van der Waals surface area contributed by atoms with E-state index in [1.807, 2.05) is 45.3 Å². The number of fused-ring (bicyclic) bond motifs is 12. The maximum atomic E-state index is 2.42. The van der Waals surface area contributed by atoms with E-state index >= 15 is 0 Å². The molecular weight excluding hydrogens is 1280 g/mol. The van der Waals surface area contributed by atoms with Crippen LogP contribution in [0.15, 0.2) is 364 Å². The van der Waals surface area contributed by atoms with Crippen LogP contribution in [0.1, 0.15) is 0 Å². The van der Waals surface area contributed by atoms with E-state index in [-0.39, 0.29) is 0 Å². The largest absolute Gasteiger partial charge is 0.135 e. The molecule has 0 aliphatic rings. The Bertz CT molecular complexity index is 6010. The Hall–Kier alpha value is -11.6. The molecule has 0 saturated carbocycles. The fourth-order valence-corrected chi connectivity index (χ4v) is 19.1. The van der Waals surface area contributed by atoms with Gasteiger partial charge < -0.3 is 0 Å². The maximum absolute atomic E-state index is 2.42. The Kier molecular flexibility index (Phi) is 15.1. The molecule has 0 fully saturated rings. The van der Waals surface area contributed by atoms with Crippen LogP contribution in [-0.4, -0.2) is 0 Å². The second-order valence-electron chi connectivity index (χ2n) is 25.9. The molecule has 0 radical (unpaired) electrons. The summed E-state index contributed by atoms with van der Waals surface area (Å²) in [5, 5.41) is 10.7. The summed E-state index contributed by atoms with van der Waals surface area (Å²) in [6.45, 7) is 0. The van der Waals surface area contributed by atoms with Gasteiger partial charge in [0.15, 0.2) is 0 Å². The molecule has 0 N–H and O–H groups in total. The van der Waals surface area contributed by atoms with Gasteiger partial charge in [0.25, 0.3) is 0 Å². The van der Waals surface area contributed by atoms with Crippen molar-refractivity contribution in [2.24, 2.45) is 0 Å². The Morgan fingerprint density at radius 1 is 0.100 bits per heavy atom. The third-order valence-electron chi connectivity index (χ3n) is 19.9. The number of hydrogen-bond acceptors (Lipinski definition) is 4. The van der Waals surface area contributed by atoms with E-state index in [1.54, 1.807) is 0 Å². The molecule has 0 nitrogen and oxygen atoms in total. The van der Waals surface area contributed by atoms with Gasteiger partial charge in [-0.3, -0.25) is 0 Å². The fraction of sp³-hybridized carbons (Fsp3) is 0. The lowest BCUT2D eigenvalue weighted by molar-refractivity contribution is 1.58. The number of rotatable bonds is 10. The van der Waals surface area contributed by atoms with Crippen LogP contribution in [0.4, 0.5) is 0 Å². The van der Waals surface area contributed by atoms with Gasteiger partial charge in [0.2, 0.25) is 0 Å². The first-order valence-electron chi connectivity index (χ1n) is 34.0. The topological polar surface area (TPSA) is 0 Å². The SMILES string of the molecule is c1ccc(-c2ccc(-c3ccc(-c4ccc5c(c4)sc4cc6c(cc45)sc4cc(-c5ccc(-c7ccc(-c8ccccc8)cc7)cc5)ccc46)cc3)cc2)cc1.c1ccc(-c2ccc(-c3ccc4c(c3)sc3cc5c(cc34)sc3cc(-c4ccc(-c6ccccc6)cc4)ccc35)cc2)cc1. The number of hydrogen-bond donors (Lipinski definition) is 0. The zero-order valence-corrected chi connectivity index (χ0v) is 57.5. The van der Waals surface area contributed by atoms with Crippen molar-refractivity contribution in [2.75, 3.05) is 0 Å². The maximum Gasteiger partial charge on any atom is 0.0362 e. The first-order chi connectivity index (χ1) is 49.5. The Labute approximate surface area is 596 Å². The van der Waals surface area contributed by atoms with Crippen LogP contribution in [0, 0.1) is 0 Å². The van der Waals surface area contributed by atoms with Crippen molar-refractivity contribution in [3.05, 3.63) is 364 Å².